The van der Waals surface area contributed by atoms with Gasteiger partial charge in [0.05, 0.1) is 24.8 Å². The van der Waals surface area contributed by atoms with Crippen LogP contribution in [0.4, 0.5) is 11.4 Å². The molecule has 0 atom stereocenters. The Balaban J connectivity index is 2.26. The van der Waals surface area contributed by atoms with Gasteiger partial charge in [-0.2, -0.15) is 8.42 Å². The first-order valence-electron chi connectivity index (χ1n) is 5.94. The summed E-state index contributed by atoms with van der Waals surface area (Å²) in [6, 6.07) is 4.66. The van der Waals surface area contributed by atoms with Gasteiger partial charge in [0, 0.05) is 12.7 Å². The molecule has 0 aliphatic heterocycles. The van der Waals surface area contributed by atoms with Crippen LogP contribution in [-0.2, 0) is 16.6 Å². The first-order valence-corrected chi connectivity index (χ1v) is 7.42. The third-order valence-electron chi connectivity index (χ3n) is 2.73. The molecule has 0 aliphatic rings. The van der Waals surface area contributed by atoms with E-state index in [0.29, 0.717) is 23.7 Å². The van der Waals surface area contributed by atoms with Crippen molar-refractivity contribution in [1.29, 1.82) is 0 Å². The predicted octanol–water partition coefficient (Wildman–Crippen LogP) is 1.29. The fraction of sp³-hybridized carbons (Fsp3) is 0.250. The number of benzene rings is 1. The van der Waals surface area contributed by atoms with Crippen molar-refractivity contribution in [2.24, 2.45) is 0 Å². The summed E-state index contributed by atoms with van der Waals surface area (Å²) >= 11 is 0. The molecule has 20 heavy (non-hydrogen) atoms. The number of methoxy groups -OCH3 is 1. The predicted molar refractivity (Wildman–Crippen MR) is 76.1 cm³/mol. The average Bonchev–Trinajstić information content (AvgIpc) is 2.88. The zero-order valence-corrected chi connectivity index (χ0v) is 12.0. The van der Waals surface area contributed by atoms with Crippen LogP contribution in [0.2, 0.25) is 0 Å². The van der Waals surface area contributed by atoms with Gasteiger partial charge in [0.2, 0.25) is 0 Å². The Kier molecular flexibility index (Phi) is 3.84. The van der Waals surface area contributed by atoms with Crippen LogP contribution in [0.25, 0.3) is 0 Å². The van der Waals surface area contributed by atoms with Gasteiger partial charge in [0.25, 0.3) is 10.0 Å². The Hall–Kier alpha value is -2.22. The lowest BCUT2D eigenvalue weighted by Gasteiger charge is -2.09. The lowest BCUT2D eigenvalue weighted by Crippen LogP contribution is -2.13. The number of nitrogens with one attached hydrogen (secondary N) is 1. The molecule has 1 aromatic heterocycles. The number of hydrogen-bond donors (Lipinski definition) is 2. The minimum atomic E-state index is -3.72. The third kappa shape index (κ3) is 2.85. The monoisotopic (exact) mass is 296 g/mol. The lowest BCUT2D eigenvalue weighted by molar-refractivity contribution is 0.417. The molecule has 108 valence electrons. The van der Waals surface area contributed by atoms with Crippen molar-refractivity contribution in [3.8, 4) is 5.75 Å². The van der Waals surface area contributed by atoms with Gasteiger partial charge < -0.3 is 15.0 Å². The van der Waals surface area contributed by atoms with Crippen LogP contribution in [0.3, 0.4) is 0 Å². The van der Waals surface area contributed by atoms with E-state index >= 15 is 0 Å². The molecular formula is C12H16N4O3S. The number of nitrogen functional groups attached to an aromatic ring is 1. The van der Waals surface area contributed by atoms with Gasteiger partial charge in [-0.15, -0.1) is 0 Å². The molecule has 8 heteroatoms. The largest absolute Gasteiger partial charge is 0.495 e. The number of nitrogens with zero attached hydrogens (tertiary/aromatic N) is 2. The van der Waals surface area contributed by atoms with Crippen molar-refractivity contribution < 1.29 is 13.2 Å². The molecule has 0 aliphatic carbocycles. The normalized spacial score (nSPS) is 11.3. The highest BCUT2D eigenvalue weighted by molar-refractivity contribution is 7.92. The lowest BCUT2D eigenvalue weighted by atomic mass is 10.2. The summed E-state index contributed by atoms with van der Waals surface area (Å²) in [5.74, 6) is 0.489. The number of rotatable bonds is 5. The van der Waals surface area contributed by atoms with Crippen molar-refractivity contribution in [2.45, 2.75) is 18.5 Å². The van der Waals surface area contributed by atoms with Crippen molar-refractivity contribution in [3.05, 3.63) is 30.7 Å². The van der Waals surface area contributed by atoms with E-state index in [9.17, 15) is 8.42 Å². The second-order valence-corrected chi connectivity index (χ2v) is 5.73. The van der Waals surface area contributed by atoms with Gasteiger partial charge in [-0.25, -0.2) is 4.98 Å². The fourth-order valence-corrected chi connectivity index (χ4v) is 2.66. The van der Waals surface area contributed by atoms with Crippen LogP contribution in [0.15, 0.2) is 35.7 Å². The number of sulfonamides is 1. The summed E-state index contributed by atoms with van der Waals surface area (Å²) in [5, 5.41) is -0.0336. The molecule has 1 aromatic carbocycles. The summed E-state index contributed by atoms with van der Waals surface area (Å²) in [6.45, 7) is 2.55. The Bertz CT molecular complexity index is 709. The van der Waals surface area contributed by atoms with Gasteiger partial charge in [0.1, 0.15) is 5.75 Å². The molecule has 0 bridgehead atoms. The topological polar surface area (TPSA) is 99.2 Å². The van der Waals surface area contributed by atoms with Gasteiger partial charge >= 0.3 is 0 Å². The summed E-state index contributed by atoms with van der Waals surface area (Å²) in [7, 11) is -2.22. The molecule has 0 unspecified atom stereocenters. The van der Waals surface area contributed by atoms with Crippen LogP contribution in [0.1, 0.15) is 6.92 Å². The number of ether oxygens (including phenoxy) is 1. The second-order valence-electron chi connectivity index (χ2n) is 4.10. The third-order valence-corrected chi connectivity index (χ3v) is 4.00. The number of aromatic nitrogens is 2. The molecule has 7 nitrogen and oxygen atoms in total. The zero-order valence-electron chi connectivity index (χ0n) is 11.2. The average molecular weight is 296 g/mol. The molecule has 0 amide bonds. The van der Waals surface area contributed by atoms with E-state index in [1.54, 1.807) is 16.7 Å². The van der Waals surface area contributed by atoms with Gasteiger partial charge in [-0.3, -0.25) is 4.72 Å². The minimum Gasteiger partial charge on any atom is -0.495 e. The van der Waals surface area contributed by atoms with E-state index in [0.717, 1.165) is 0 Å². The van der Waals surface area contributed by atoms with E-state index in [1.165, 1.54) is 25.7 Å². The van der Waals surface area contributed by atoms with Crippen LogP contribution < -0.4 is 15.2 Å². The molecular weight excluding hydrogens is 280 g/mol. The van der Waals surface area contributed by atoms with Crippen molar-refractivity contribution in [1.82, 2.24) is 9.55 Å². The highest BCUT2D eigenvalue weighted by Crippen LogP contribution is 2.25. The van der Waals surface area contributed by atoms with Crippen LogP contribution in [-0.4, -0.2) is 25.1 Å². The smallest absolute Gasteiger partial charge is 0.280 e. The Labute approximate surface area is 117 Å². The van der Waals surface area contributed by atoms with Gasteiger partial charge in [-0.05, 0) is 25.1 Å². The Morgan fingerprint density at radius 1 is 1.45 bits per heavy atom. The highest BCUT2D eigenvalue weighted by atomic mass is 32.2. The number of hydrogen-bond acceptors (Lipinski definition) is 5. The standard InChI is InChI=1S/C12H16N4O3S/c1-3-16-7-12(14-8-16)20(17,18)15-9-4-5-11(19-2)10(13)6-9/h4-8,15H,3,13H2,1-2H3. The van der Waals surface area contributed by atoms with E-state index in [4.69, 9.17) is 10.5 Å². The molecule has 2 aromatic rings. The maximum Gasteiger partial charge on any atom is 0.280 e. The molecule has 1 heterocycles. The number of nitrogens with two attached hydrogens (primary N) is 1. The summed E-state index contributed by atoms with van der Waals surface area (Å²) in [5.41, 5.74) is 6.44. The zero-order chi connectivity index (χ0) is 14.8. The number of aryl methyl sites for hydroxylation is 1. The van der Waals surface area contributed by atoms with E-state index in [-0.39, 0.29) is 5.03 Å². The first-order chi connectivity index (χ1) is 9.46. The molecule has 3 N–H and O–H groups in total. The molecule has 2 rings (SSSR count). The maximum absolute atomic E-state index is 12.1. The minimum absolute atomic E-state index is 0.0336. The molecule has 0 radical (unpaired) electrons. The number of anilines is 2. The van der Waals surface area contributed by atoms with Crippen LogP contribution >= 0.6 is 0 Å². The summed E-state index contributed by atoms with van der Waals surface area (Å²) < 4.78 is 33.4. The van der Waals surface area contributed by atoms with E-state index in [1.807, 2.05) is 6.92 Å². The summed E-state index contributed by atoms with van der Waals surface area (Å²) in [4.78, 5) is 3.87. The fourth-order valence-electron chi connectivity index (χ4n) is 1.66. The Morgan fingerprint density at radius 3 is 2.75 bits per heavy atom. The summed E-state index contributed by atoms with van der Waals surface area (Å²) in [6.07, 6.45) is 2.94. The van der Waals surface area contributed by atoms with Crippen molar-refractivity contribution >= 4 is 21.4 Å². The molecule has 0 fully saturated rings. The molecule has 0 saturated heterocycles. The molecule has 0 spiro atoms. The van der Waals surface area contributed by atoms with E-state index in [2.05, 4.69) is 9.71 Å². The number of imidazole rings is 1. The van der Waals surface area contributed by atoms with Crippen LogP contribution in [0.5, 0.6) is 5.75 Å². The molecule has 0 saturated carbocycles. The second kappa shape index (κ2) is 5.41. The van der Waals surface area contributed by atoms with E-state index < -0.39 is 10.0 Å². The SMILES string of the molecule is CCn1cnc(S(=O)(=O)Nc2ccc(OC)c(N)c2)c1. The van der Waals surface area contributed by atoms with Crippen LogP contribution in [0, 0.1) is 0 Å². The first kappa shape index (κ1) is 14.2. The Morgan fingerprint density at radius 2 is 2.20 bits per heavy atom. The van der Waals surface area contributed by atoms with Gasteiger partial charge in [-0.1, -0.05) is 0 Å². The van der Waals surface area contributed by atoms with Gasteiger partial charge in [0.15, 0.2) is 5.03 Å². The quantitative estimate of drug-likeness (QED) is 0.810. The highest BCUT2D eigenvalue weighted by Gasteiger charge is 2.17. The maximum atomic E-state index is 12.1. The van der Waals surface area contributed by atoms with Crippen molar-refractivity contribution in [3.63, 3.8) is 0 Å². The van der Waals surface area contributed by atoms with Crippen molar-refractivity contribution in [2.75, 3.05) is 17.6 Å².